The van der Waals surface area contributed by atoms with Gasteiger partial charge in [-0.3, -0.25) is 9.80 Å². The van der Waals surface area contributed by atoms with E-state index in [1.165, 1.54) is 32.4 Å². The van der Waals surface area contributed by atoms with E-state index in [4.69, 9.17) is 0 Å². The molecule has 0 aliphatic carbocycles. The lowest BCUT2D eigenvalue weighted by Crippen LogP contribution is -2.60. The molecule has 2 fully saturated rings. The second-order valence-electron chi connectivity index (χ2n) is 8.41. The van der Waals surface area contributed by atoms with Crippen molar-refractivity contribution in [1.82, 2.24) is 15.1 Å². The Morgan fingerprint density at radius 2 is 1.30 bits per heavy atom. The standard InChI is InChI=1S/C20H39N3/c1-7-17(2)18(19(3,4)22-13-9-8-10-14-22)20(5,6)23-15-11-21-12-16-23/h21H,7-16H2,1-6H3/b18-17+. The van der Waals surface area contributed by atoms with Crippen LogP contribution in [0.3, 0.4) is 0 Å². The Balaban J connectivity index is 2.36. The van der Waals surface area contributed by atoms with Gasteiger partial charge in [-0.1, -0.05) is 18.9 Å². The summed E-state index contributed by atoms with van der Waals surface area (Å²) in [7, 11) is 0. The van der Waals surface area contributed by atoms with Crippen molar-refractivity contribution in [2.75, 3.05) is 39.3 Å². The quantitative estimate of drug-likeness (QED) is 0.780. The minimum atomic E-state index is 0.128. The van der Waals surface area contributed by atoms with Gasteiger partial charge in [-0.15, -0.1) is 0 Å². The van der Waals surface area contributed by atoms with Crippen LogP contribution in [0.4, 0.5) is 0 Å². The van der Waals surface area contributed by atoms with E-state index in [0.29, 0.717) is 0 Å². The van der Waals surface area contributed by atoms with Crippen LogP contribution in [-0.4, -0.2) is 60.1 Å². The number of likely N-dealkylation sites (tertiary alicyclic amines) is 1. The van der Waals surface area contributed by atoms with Gasteiger partial charge in [0.2, 0.25) is 0 Å². The fraction of sp³-hybridized carbons (Fsp3) is 0.900. The first-order valence-corrected chi connectivity index (χ1v) is 9.73. The van der Waals surface area contributed by atoms with Gasteiger partial charge in [0.25, 0.3) is 0 Å². The maximum atomic E-state index is 3.50. The van der Waals surface area contributed by atoms with Gasteiger partial charge >= 0.3 is 0 Å². The normalized spacial score (nSPS) is 23.7. The third kappa shape index (κ3) is 4.00. The molecule has 0 aromatic heterocycles. The lowest BCUT2D eigenvalue weighted by molar-refractivity contribution is 0.0682. The van der Waals surface area contributed by atoms with Crippen LogP contribution in [-0.2, 0) is 0 Å². The van der Waals surface area contributed by atoms with Gasteiger partial charge < -0.3 is 5.32 Å². The van der Waals surface area contributed by atoms with Crippen molar-refractivity contribution in [3.8, 4) is 0 Å². The summed E-state index contributed by atoms with van der Waals surface area (Å²) in [5.74, 6) is 0. The molecule has 0 aromatic rings. The van der Waals surface area contributed by atoms with Crippen LogP contribution in [0.15, 0.2) is 11.1 Å². The van der Waals surface area contributed by atoms with Gasteiger partial charge in [0, 0.05) is 37.3 Å². The van der Waals surface area contributed by atoms with Gasteiger partial charge in [0.1, 0.15) is 0 Å². The van der Waals surface area contributed by atoms with Gasteiger partial charge in [-0.05, 0) is 72.5 Å². The Labute approximate surface area is 144 Å². The summed E-state index contributed by atoms with van der Waals surface area (Å²) in [4.78, 5) is 5.44. The Bertz CT molecular complexity index is 379. The lowest BCUT2D eigenvalue weighted by atomic mass is 9.74. The number of nitrogens with zero attached hydrogens (tertiary/aromatic N) is 2. The Morgan fingerprint density at radius 1 is 0.826 bits per heavy atom. The zero-order valence-corrected chi connectivity index (χ0v) is 16.5. The Kier molecular flexibility index (Phi) is 6.32. The number of piperazine rings is 1. The molecule has 2 heterocycles. The van der Waals surface area contributed by atoms with Gasteiger partial charge in [0.05, 0.1) is 0 Å². The molecular formula is C20H39N3. The van der Waals surface area contributed by atoms with E-state index in [2.05, 4.69) is 56.7 Å². The van der Waals surface area contributed by atoms with Gasteiger partial charge in [0.15, 0.2) is 0 Å². The first kappa shape index (κ1) is 19.0. The molecule has 0 unspecified atom stereocenters. The molecule has 2 aliphatic heterocycles. The molecule has 0 atom stereocenters. The minimum absolute atomic E-state index is 0.128. The molecule has 0 bridgehead atoms. The molecule has 0 saturated carbocycles. The van der Waals surface area contributed by atoms with E-state index in [1.54, 1.807) is 11.1 Å². The first-order valence-electron chi connectivity index (χ1n) is 9.73. The van der Waals surface area contributed by atoms with Crippen LogP contribution >= 0.6 is 0 Å². The van der Waals surface area contributed by atoms with E-state index >= 15 is 0 Å². The van der Waals surface area contributed by atoms with E-state index in [0.717, 1.165) is 32.6 Å². The van der Waals surface area contributed by atoms with Crippen molar-refractivity contribution in [3.63, 3.8) is 0 Å². The van der Waals surface area contributed by atoms with Crippen molar-refractivity contribution in [2.24, 2.45) is 0 Å². The minimum Gasteiger partial charge on any atom is -0.314 e. The molecule has 0 radical (unpaired) electrons. The maximum absolute atomic E-state index is 3.50. The highest BCUT2D eigenvalue weighted by Gasteiger charge is 2.43. The Hall–Kier alpha value is -0.380. The van der Waals surface area contributed by atoms with Crippen LogP contribution in [0, 0.1) is 0 Å². The Morgan fingerprint density at radius 3 is 1.78 bits per heavy atom. The van der Waals surface area contributed by atoms with Crippen molar-refractivity contribution in [2.45, 2.75) is 78.3 Å². The molecule has 0 spiro atoms. The van der Waals surface area contributed by atoms with E-state index < -0.39 is 0 Å². The smallest absolute Gasteiger partial charge is 0.0385 e. The molecule has 23 heavy (non-hydrogen) atoms. The third-order valence-corrected chi connectivity index (χ3v) is 6.23. The fourth-order valence-corrected chi connectivity index (χ4v) is 4.96. The average molecular weight is 322 g/mol. The summed E-state index contributed by atoms with van der Waals surface area (Å²) < 4.78 is 0. The van der Waals surface area contributed by atoms with E-state index in [9.17, 15) is 0 Å². The van der Waals surface area contributed by atoms with Gasteiger partial charge in [-0.2, -0.15) is 0 Å². The van der Waals surface area contributed by atoms with E-state index in [1.807, 2.05) is 0 Å². The number of nitrogens with one attached hydrogen (secondary N) is 1. The summed E-state index contributed by atoms with van der Waals surface area (Å²) >= 11 is 0. The molecule has 2 rings (SSSR count). The third-order valence-electron chi connectivity index (χ3n) is 6.23. The van der Waals surface area contributed by atoms with Gasteiger partial charge in [-0.25, -0.2) is 0 Å². The van der Waals surface area contributed by atoms with Crippen LogP contribution in [0.2, 0.25) is 0 Å². The number of rotatable bonds is 5. The lowest BCUT2D eigenvalue weighted by Gasteiger charge is -2.52. The number of hydrogen-bond donors (Lipinski definition) is 1. The molecule has 2 saturated heterocycles. The summed E-state index contributed by atoms with van der Waals surface area (Å²) in [6.45, 7) is 21.6. The maximum Gasteiger partial charge on any atom is 0.0385 e. The van der Waals surface area contributed by atoms with Crippen molar-refractivity contribution in [1.29, 1.82) is 0 Å². The topological polar surface area (TPSA) is 18.5 Å². The molecule has 3 heteroatoms. The molecule has 134 valence electrons. The van der Waals surface area contributed by atoms with Crippen LogP contribution in [0.1, 0.15) is 67.2 Å². The highest BCUT2D eigenvalue weighted by molar-refractivity contribution is 5.34. The molecule has 1 N–H and O–H groups in total. The molecule has 0 amide bonds. The van der Waals surface area contributed by atoms with Crippen molar-refractivity contribution >= 4 is 0 Å². The average Bonchev–Trinajstić information content (AvgIpc) is 2.56. The molecule has 2 aliphatic rings. The number of piperidine rings is 1. The van der Waals surface area contributed by atoms with E-state index in [-0.39, 0.29) is 11.1 Å². The first-order chi connectivity index (χ1) is 10.8. The highest BCUT2D eigenvalue weighted by Crippen LogP contribution is 2.40. The van der Waals surface area contributed by atoms with Crippen molar-refractivity contribution in [3.05, 3.63) is 11.1 Å². The summed E-state index contributed by atoms with van der Waals surface area (Å²) in [6, 6.07) is 0. The monoisotopic (exact) mass is 321 g/mol. The van der Waals surface area contributed by atoms with Crippen LogP contribution < -0.4 is 5.32 Å². The number of hydrogen-bond acceptors (Lipinski definition) is 3. The predicted octanol–water partition coefficient (Wildman–Crippen LogP) is 3.66. The largest absolute Gasteiger partial charge is 0.314 e. The molecular weight excluding hydrogens is 282 g/mol. The summed E-state index contributed by atoms with van der Waals surface area (Å²) in [6.07, 6.45) is 5.27. The second kappa shape index (κ2) is 7.67. The molecule has 0 aromatic carbocycles. The highest BCUT2D eigenvalue weighted by atomic mass is 15.3. The van der Waals surface area contributed by atoms with Crippen LogP contribution in [0.25, 0.3) is 0 Å². The molecule has 3 nitrogen and oxygen atoms in total. The zero-order chi connectivity index (χ0) is 17.1. The fourth-order valence-electron chi connectivity index (χ4n) is 4.96. The second-order valence-corrected chi connectivity index (χ2v) is 8.41. The number of allylic oxidation sites excluding steroid dienone is 1. The zero-order valence-electron chi connectivity index (χ0n) is 16.5. The van der Waals surface area contributed by atoms with Crippen LogP contribution in [0.5, 0.6) is 0 Å². The predicted molar refractivity (Wildman–Crippen MR) is 101 cm³/mol. The SMILES string of the molecule is CC/C(C)=C(\C(C)(C)N1CCCCC1)C(C)(C)N1CCNCC1. The summed E-state index contributed by atoms with van der Waals surface area (Å²) in [5.41, 5.74) is 3.53. The summed E-state index contributed by atoms with van der Waals surface area (Å²) in [5, 5.41) is 3.50. The van der Waals surface area contributed by atoms with Crippen molar-refractivity contribution < 1.29 is 0 Å².